The minimum Gasteiger partial charge on any atom is -0.468 e. The number of halogens is 1. The van der Waals surface area contributed by atoms with Crippen molar-refractivity contribution in [2.24, 2.45) is 0 Å². The van der Waals surface area contributed by atoms with Gasteiger partial charge >= 0.3 is 0 Å². The van der Waals surface area contributed by atoms with Gasteiger partial charge in [-0.3, -0.25) is 5.32 Å². The summed E-state index contributed by atoms with van der Waals surface area (Å²) < 4.78 is 6.42. The smallest absolute Gasteiger partial charge is 0.123 e. The highest BCUT2D eigenvalue weighted by Crippen LogP contribution is 2.24. The molecule has 102 valence electrons. The second-order valence-corrected chi connectivity index (χ2v) is 5.35. The Hall–Kier alpha value is -1.10. The van der Waals surface area contributed by atoms with E-state index in [9.17, 15) is 5.11 Å². The predicted molar refractivity (Wildman–Crippen MR) is 78.8 cm³/mol. The molecule has 0 aliphatic rings. The van der Waals surface area contributed by atoms with Crippen molar-refractivity contribution in [3.63, 3.8) is 0 Å². The highest BCUT2D eigenvalue weighted by Gasteiger charge is 2.18. The van der Waals surface area contributed by atoms with E-state index in [-0.39, 0.29) is 18.7 Å². The number of aliphatic hydroxyl groups excluding tert-OH is 1. The van der Waals surface area contributed by atoms with Crippen molar-refractivity contribution in [1.29, 1.82) is 0 Å². The average Bonchev–Trinajstić information content (AvgIpc) is 2.94. The zero-order valence-corrected chi connectivity index (χ0v) is 12.4. The maximum Gasteiger partial charge on any atom is 0.123 e. The van der Waals surface area contributed by atoms with Crippen LogP contribution in [-0.2, 0) is 0 Å². The van der Waals surface area contributed by atoms with Crippen molar-refractivity contribution in [3.05, 3.63) is 58.5 Å². The zero-order valence-electron chi connectivity index (χ0n) is 10.8. The lowest BCUT2D eigenvalue weighted by molar-refractivity contribution is 0.213. The summed E-state index contributed by atoms with van der Waals surface area (Å²) in [5.74, 6) is 0.760. The standard InChI is InChI=1S/C15H18BrNO2/c1-2-13(11-5-3-6-12(16)9-11)17-14(10-18)15-7-4-8-19-15/h3-9,13-14,17-18H,2,10H2,1H3. The predicted octanol–water partition coefficient (Wildman–Crippen LogP) is 3.82. The fourth-order valence-corrected chi connectivity index (χ4v) is 2.55. The second-order valence-electron chi connectivity index (χ2n) is 4.43. The third-order valence-corrected chi connectivity index (χ3v) is 3.62. The van der Waals surface area contributed by atoms with Crippen molar-refractivity contribution in [1.82, 2.24) is 5.32 Å². The molecule has 0 amide bonds. The first kappa shape index (κ1) is 14.3. The Morgan fingerprint density at radius 1 is 1.26 bits per heavy atom. The zero-order chi connectivity index (χ0) is 13.7. The van der Waals surface area contributed by atoms with Gasteiger partial charge in [-0.15, -0.1) is 0 Å². The van der Waals surface area contributed by atoms with Crippen molar-refractivity contribution >= 4 is 15.9 Å². The summed E-state index contributed by atoms with van der Waals surface area (Å²) in [6.07, 6.45) is 2.56. The van der Waals surface area contributed by atoms with E-state index in [2.05, 4.69) is 40.3 Å². The topological polar surface area (TPSA) is 45.4 Å². The molecule has 2 aromatic rings. The molecule has 4 heteroatoms. The van der Waals surface area contributed by atoms with Crippen LogP contribution in [0.25, 0.3) is 0 Å². The second kappa shape index (κ2) is 6.89. The summed E-state index contributed by atoms with van der Waals surface area (Å²) in [4.78, 5) is 0. The third-order valence-electron chi connectivity index (χ3n) is 3.13. The number of nitrogens with one attached hydrogen (secondary N) is 1. The van der Waals surface area contributed by atoms with Crippen LogP contribution in [0.1, 0.15) is 36.8 Å². The molecule has 2 N–H and O–H groups in total. The number of benzene rings is 1. The third kappa shape index (κ3) is 3.69. The molecule has 0 aliphatic heterocycles. The fourth-order valence-electron chi connectivity index (χ4n) is 2.13. The van der Waals surface area contributed by atoms with Crippen molar-refractivity contribution in [2.45, 2.75) is 25.4 Å². The van der Waals surface area contributed by atoms with Gasteiger partial charge in [0.1, 0.15) is 5.76 Å². The molecule has 1 aromatic heterocycles. The van der Waals surface area contributed by atoms with Gasteiger partial charge in [0.2, 0.25) is 0 Å². The highest BCUT2D eigenvalue weighted by molar-refractivity contribution is 9.10. The Morgan fingerprint density at radius 3 is 2.68 bits per heavy atom. The van der Waals surface area contributed by atoms with Gasteiger partial charge in [-0.05, 0) is 36.2 Å². The number of furan rings is 1. The normalized spacial score (nSPS) is 14.3. The molecule has 3 nitrogen and oxygen atoms in total. The monoisotopic (exact) mass is 323 g/mol. The van der Waals surface area contributed by atoms with Gasteiger partial charge in [-0.2, -0.15) is 0 Å². The van der Waals surface area contributed by atoms with E-state index >= 15 is 0 Å². The number of hydrogen-bond donors (Lipinski definition) is 2. The molecular weight excluding hydrogens is 306 g/mol. The first-order chi connectivity index (χ1) is 9.24. The minimum atomic E-state index is -0.182. The summed E-state index contributed by atoms with van der Waals surface area (Å²) in [7, 11) is 0. The van der Waals surface area contributed by atoms with Gasteiger partial charge in [-0.1, -0.05) is 35.0 Å². The molecule has 0 radical (unpaired) electrons. The molecule has 0 saturated carbocycles. The molecule has 0 fully saturated rings. The van der Waals surface area contributed by atoms with Crippen LogP contribution < -0.4 is 5.32 Å². The van der Waals surface area contributed by atoms with Gasteiger partial charge < -0.3 is 9.52 Å². The van der Waals surface area contributed by atoms with Gasteiger partial charge in [0, 0.05) is 10.5 Å². The van der Waals surface area contributed by atoms with E-state index in [1.807, 2.05) is 24.3 Å². The van der Waals surface area contributed by atoms with Crippen molar-refractivity contribution in [2.75, 3.05) is 6.61 Å². The maximum absolute atomic E-state index is 9.51. The molecule has 2 unspecified atom stereocenters. The van der Waals surface area contributed by atoms with E-state index in [0.29, 0.717) is 0 Å². The Kier molecular flexibility index (Phi) is 5.19. The lowest BCUT2D eigenvalue weighted by Gasteiger charge is -2.23. The summed E-state index contributed by atoms with van der Waals surface area (Å²) in [5, 5.41) is 12.9. The number of aliphatic hydroxyl groups is 1. The molecule has 2 atom stereocenters. The van der Waals surface area contributed by atoms with E-state index in [1.165, 1.54) is 5.56 Å². The van der Waals surface area contributed by atoms with Crippen LogP contribution in [0.4, 0.5) is 0 Å². The van der Waals surface area contributed by atoms with Crippen molar-refractivity contribution < 1.29 is 9.52 Å². The first-order valence-electron chi connectivity index (χ1n) is 6.40. The molecule has 0 aliphatic carbocycles. The van der Waals surface area contributed by atoms with E-state index in [1.54, 1.807) is 6.26 Å². The highest BCUT2D eigenvalue weighted by atomic mass is 79.9. The van der Waals surface area contributed by atoms with Crippen LogP contribution in [0.5, 0.6) is 0 Å². The van der Waals surface area contributed by atoms with Crippen LogP contribution >= 0.6 is 15.9 Å². The summed E-state index contributed by atoms with van der Waals surface area (Å²) >= 11 is 3.49. The lowest BCUT2D eigenvalue weighted by atomic mass is 10.0. The Bertz CT molecular complexity index is 499. The van der Waals surface area contributed by atoms with Crippen LogP contribution in [0.2, 0.25) is 0 Å². The molecule has 2 rings (SSSR count). The van der Waals surface area contributed by atoms with E-state index in [0.717, 1.165) is 16.7 Å². The van der Waals surface area contributed by atoms with Gasteiger partial charge in [-0.25, -0.2) is 0 Å². The van der Waals surface area contributed by atoms with E-state index in [4.69, 9.17) is 4.42 Å². The number of rotatable bonds is 6. The van der Waals surface area contributed by atoms with Crippen LogP contribution in [-0.4, -0.2) is 11.7 Å². The molecule has 0 spiro atoms. The fraction of sp³-hybridized carbons (Fsp3) is 0.333. The summed E-state index contributed by atoms with van der Waals surface area (Å²) in [5.41, 5.74) is 1.20. The SMILES string of the molecule is CCC(NC(CO)c1ccco1)c1cccc(Br)c1. The van der Waals surface area contributed by atoms with E-state index < -0.39 is 0 Å². The quantitative estimate of drug-likeness (QED) is 0.849. The Labute approximate surface area is 121 Å². The minimum absolute atomic E-state index is 0.0119. The van der Waals surface area contributed by atoms with Gasteiger partial charge in [0.25, 0.3) is 0 Å². The molecule has 19 heavy (non-hydrogen) atoms. The van der Waals surface area contributed by atoms with Crippen LogP contribution in [0, 0.1) is 0 Å². The van der Waals surface area contributed by atoms with Gasteiger partial charge in [0.05, 0.1) is 18.9 Å². The molecule has 1 aromatic carbocycles. The van der Waals surface area contributed by atoms with Crippen molar-refractivity contribution in [3.8, 4) is 0 Å². The van der Waals surface area contributed by atoms with Crippen LogP contribution in [0.15, 0.2) is 51.6 Å². The van der Waals surface area contributed by atoms with Gasteiger partial charge in [0.15, 0.2) is 0 Å². The molecule has 0 saturated heterocycles. The summed E-state index contributed by atoms with van der Waals surface area (Å²) in [6, 6.07) is 11.9. The molecule has 0 bridgehead atoms. The lowest BCUT2D eigenvalue weighted by Crippen LogP contribution is -2.28. The first-order valence-corrected chi connectivity index (χ1v) is 7.19. The maximum atomic E-state index is 9.51. The Balaban J connectivity index is 2.14. The molecular formula is C15H18BrNO2. The Morgan fingerprint density at radius 2 is 2.11 bits per heavy atom. The molecule has 1 heterocycles. The number of hydrogen-bond acceptors (Lipinski definition) is 3. The van der Waals surface area contributed by atoms with Crippen LogP contribution in [0.3, 0.4) is 0 Å². The summed E-state index contributed by atoms with van der Waals surface area (Å²) in [6.45, 7) is 2.13. The average molecular weight is 324 g/mol. The largest absolute Gasteiger partial charge is 0.468 e.